The molecule has 0 amide bonds. The molecule has 20 heavy (non-hydrogen) atoms. The second-order valence-electron chi connectivity index (χ2n) is 4.13. The maximum atomic E-state index is 12.0. The predicted molar refractivity (Wildman–Crippen MR) is 72.0 cm³/mol. The minimum atomic E-state index is -0.899. The smallest absolute Gasteiger partial charge is 0.331 e. The van der Waals surface area contributed by atoms with E-state index in [9.17, 15) is 14.4 Å². The molecule has 0 aromatic heterocycles. The van der Waals surface area contributed by atoms with Gasteiger partial charge in [-0.05, 0) is 23.8 Å². The molecule has 104 valence electrons. The summed E-state index contributed by atoms with van der Waals surface area (Å²) in [6.07, 6.45) is 0.281. The number of oxime groups is 1. The van der Waals surface area contributed by atoms with Crippen LogP contribution in [0.3, 0.4) is 0 Å². The molecule has 7 heteroatoms. The number of hydrogen-bond acceptors (Lipinski definition) is 6. The lowest BCUT2D eigenvalue weighted by atomic mass is 10.1. The van der Waals surface area contributed by atoms with E-state index in [-0.39, 0.29) is 23.7 Å². The molecule has 0 radical (unpaired) electrons. The molecule has 0 bridgehead atoms. The van der Waals surface area contributed by atoms with Crippen LogP contribution >= 0.6 is 11.8 Å². The molecule has 0 atom stereocenters. The summed E-state index contributed by atoms with van der Waals surface area (Å²) in [6, 6.07) is 5.09. The Balaban J connectivity index is 2.17. The third-order valence-electron chi connectivity index (χ3n) is 2.59. The van der Waals surface area contributed by atoms with Crippen LogP contribution in [0.5, 0.6) is 0 Å². The van der Waals surface area contributed by atoms with Gasteiger partial charge >= 0.3 is 11.9 Å². The van der Waals surface area contributed by atoms with Gasteiger partial charge in [0, 0.05) is 23.8 Å². The van der Waals surface area contributed by atoms with E-state index in [0.717, 1.165) is 10.5 Å². The highest BCUT2D eigenvalue weighted by Crippen LogP contribution is 2.26. The van der Waals surface area contributed by atoms with Crippen LogP contribution < -0.4 is 0 Å². The van der Waals surface area contributed by atoms with E-state index < -0.39 is 11.9 Å². The Morgan fingerprint density at radius 3 is 2.85 bits per heavy atom. The summed E-state index contributed by atoms with van der Waals surface area (Å²) in [5.74, 6) is -1.79. The quantitative estimate of drug-likeness (QED) is 0.514. The Bertz CT molecular complexity index is 623. The van der Waals surface area contributed by atoms with Gasteiger partial charge in [-0.1, -0.05) is 5.16 Å². The van der Waals surface area contributed by atoms with E-state index in [1.807, 2.05) is 0 Å². The number of carboxylic acids is 1. The van der Waals surface area contributed by atoms with E-state index in [1.54, 1.807) is 18.2 Å². The van der Waals surface area contributed by atoms with Gasteiger partial charge in [0.1, 0.15) is 5.71 Å². The monoisotopic (exact) mass is 293 g/mol. The Morgan fingerprint density at radius 1 is 1.45 bits per heavy atom. The molecule has 6 nitrogen and oxygen atoms in total. The van der Waals surface area contributed by atoms with Gasteiger partial charge in [-0.3, -0.25) is 9.59 Å². The fraction of sp³-hybridized carbons (Fsp3) is 0.231. The highest BCUT2D eigenvalue weighted by Gasteiger charge is 2.27. The zero-order valence-corrected chi connectivity index (χ0v) is 11.4. The average Bonchev–Trinajstić information content (AvgIpc) is 2.70. The zero-order chi connectivity index (χ0) is 14.7. The fourth-order valence-corrected chi connectivity index (χ4v) is 2.46. The van der Waals surface area contributed by atoms with E-state index in [4.69, 9.17) is 5.11 Å². The highest BCUT2D eigenvalue weighted by atomic mass is 32.2. The Morgan fingerprint density at radius 2 is 2.20 bits per heavy atom. The molecule has 1 aliphatic rings. The van der Waals surface area contributed by atoms with Crippen molar-refractivity contribution in [3.05, 3.63) is 29.3 Å². The summed E-state index contributed by atoms with van der Waals surface area (Å²) >= 11 is 1.18. The number of hydrogen-bond donors (Lipinski definition) is 1. The minimum Gasteiger partial charge on any atom is -0.481 e. The first kappa shape index (κ1) is 14.3. The molecule has 2 rings (SSSR count). The van der Waals surface area contributed by atoms with Crippen molar-refractivity contribution in [1.29, 1.82) is 0 Å². The third-order valence-corrected chi connectivity index (χ3v) is 3.57. The lowest BCUT2D eigenvalue weighted by Crippen LogP contribution is -2.09. The van der Waals surface area contributed by atoms with E-state index in [1.165, 1.54) is 18.7 Å². The van der Waals surface area contributed by atoms with Gasteiger partial charge in [-0.25, -0.2) is 4.79 Å². The number of carboxylic acid groups (broad SMARTS) is 1. The van der Waals surface area contributed by atoms with Crippen LogP contribution in [-0.2, 0) is 20.8 Å². The Hall–Kier alpha value is -2.15. The van der Waals surface area contributed by atoms with Crippen molar-refractivity contribution in [2.45, 2.75) is 18.2 Å². The molecule has 0 heterocycles. The minimum absolute atomic E-state index is 0.0405. The number of ketones is 1. The standard InChI is InChI=1S/C13H11NO5S/c1-7(15)19-14-11-5-8-4-9(20-6-12(16)17)2-3-10(8)13(11)18/h2-4H,5-6H2,1H3,(H,16,17). The zero-order valence-electron chi connectivity index (χ0n) is 10.6. The second-order valence-corrected chi connectivity index (χ2v) is 5.18. The first-order chi connectivity index (χ1) is 9.47. The lowest BCUT2D eigenvalue weighted by molar-refractivity contribution is -0.141. The number of carbonyl (C=O) groups is 3. The van der Waals surface area contributed by atoms with E-state index in [0.29, 0.717) is 5.56 Å². The molecule has 0 saturated carbocycles. The van der Waals surface area contributed by atoms with Crippen LogP contribution in [0.15, 0.2) is 28.3 Å². The molecule has 0 fully saturated rings. The number of Topliss-reactive ketones (excluding diaryl/α,β-unsaturated/α-hetero) is 1. The number of aliphatic carboxylic acids is 1. The lowest BCUT2D eigenvalue weighted by Gasteiger charge is -2.01. The summed E-state index contributed by atoms with van der Waals surface area (Å²) < 4.78 is 0. The Kier molecular flexibility index (Phi) is 4.19. The van der Waals surface area contributed by atoms with E-state index >= 15 is 0 Å². The second kappa shape index (κ2) is 5.87. The van der Waals surface area contributed by atoms with Gasteiger partial charge in [0.15, 0.2) is 0 Å². The summed E-state index contributed by atoms with van der Waals surface area (Å²) in [5.41, 5.74) is 1.45. The normalized spacial score (nSPS) is 15.2. The van der Waals surface area contributed by atoms with Crippen LogP contribution in [0.25, 0.3) is 0 Å². The largest absolute Gasteiger partial charge is 0.481 e. The topological polar surface area (TPSA) is 93.0 Å². The summed E-state index contributed by atoms with van der Waals surface area (Å²) in [5, 5.41) is 12.2. The Labute approximate surface area is 118 Å². The molecule has 1 N–H and O–H groups in total. The molecule has 1 aliphatic carbocycles. The van der Waals surface area contributed by atoms with Crippen LogP contribution in [0.2, 0.25) is 0 Å². The molecular weight excluding hydrogens is 282 g/mol. The van der Waals surface area contributed by atoms with Crippen LogP contribution in [-0.4, -0.2) is 34.3 Å². The van der Waals surface area contributed by atoms with Gasteiger partial charge in [0.05, 0.1) is 5.75 Å². The van der Waals surface area contributed by atoms with Crippen LogP contribution in [0.1, 0.15) is 22.8 Å². The van der Waals surface area contributed by atoms with Crippen molar-refractivity contribution in [1.82, 2.24) is 0 Å². The average molecular weight is 293 g/mol. The molecular formula is C13H11NO5S. The summed E-state index contributed by atoms with van der Waals surface area (Å²) in [7, 11) is 0. The molecule has 1 aromatic carbocycles. The van der Waals surface area contributed by atoms with Crippen molar-refractivity contribution in [3.8, 4) is 0 Å². The number of fused-ring (bicyclic) bond motifs is 1. The fourth-order valence-electron chi connectivity index (χ4n) is 1.78. The number of carbonyl (C=O) groups excluding carboxylic acids is 2. The van der Waals surface area contributed by atoms with Gasteiger partial charge in [-0.15, -0.1) is 11.8 Å². The molecule has 0 aliphatic heterocycles. The summed E-state index contributed by atoms with van der Waals surface area (Å²) in [4.78, 5) is 38.4. The SMILES string of the molecule is CC(=O)ON=C1Cc2cc(SCC(=O)O)ccc2C1=O. The van der Waals surface area contributed by atoms with E-state index in [2.05, 4.69) is 9.99 Å². The van der Waals surface area contributed by atoms with Gasteiger partial charge in [0.2, 0.25) is 5.78 Å². The first-order valence-corrected chi connectivity index (χ1v) is 6.72. The van der Waals surface area contributed by atoms with Crippen molar-refractivity contribution >= 4 is 35.2 Å². The van der Waals surface area contributed by atoms with Gasteiger partial charge < -0.3 is 9.94 Å². The number of nitrogens with zero attached hydrogens (tertiary/aromatic N) is 1. The van der Waals surface area contributed by atoms with Crippen molar-refractivity contribution in [2.24, 2.45) is 5.16 Å². The highest BCUT2D eigenvalue weighted by molar-refractivity contribution is 8.00. The maximum absolute atomic E-state index is 12.0. The van der Waals surface area contributed by atoms with Gasteiger partial charge in [-0.2, -0.15) is 0 Å². The van der Waals surface area contributed by atoms with Crippen LogP contribution in [0.4, 0.5) is 0 Å². The van der Waals surface area contributed by atoms with Crippen molar-refractivity contribution < 1.29 is 24.3 Å². The van der Waals surface area contributed by atoms with Crippen LogP contribution in [0, 0.1) is 0 Å². The third kappa shape index (κ3) is 3.24. The number of benzene rings is 1. The van der Waals surface area contributed by atoms with Crippen molar-refractivity contribution in [3.63, 3.8) is 0 Å². The maximum Gasteiger partial charge on any atom is 0.331 e. The molecule has 1 aromatic rings. The molecule has 0 unspecified atom stereocenters. The van der Waals surface area contributed by atoms with Crippen molar-refractivity contribution in [2.75, 3.05) is 5.75 Å². The molecule has 0 saturated heterocycles. The molecule has 0 spiro atoms. The van der Waals surface area contributed by atoms with Gasteiger partial charge in [0.25, 0.3) is 0 Å². The predicted octanol–water partition coefficient (Wildman–Crippen LogP) is 1.52. The summed E-state index contributed by atoms with van der Waals surface area (Å²) in [6.45, 7) is 1.21. The first-order valence-electron chi connectivity index (χ1n) is 5.74. The number of thioether (sulfide) groups is 1. The number of rotatable bonds is 4.